The number of anilines is 2. The van der Waals surface area contributed by atoms with Crippen molar-refractivity contribution < 1.29 is 0 Å². The first-order valence-corrected chi connectivity index (χ1v) is 8.55. The first-order valence-electron chi connectivity index (χ1n) is 8.55. The van der Waals surface area contributed by atoms with Crippen LogP contribution in [0.5, 0.6) is 0 Å². The number of hydrogen-bond donors (Lipinski definition) is 0. The minimum Gasteiger partial charge on any atom is -0.363 e. The van der Waals surface area contributed by atoms with Crippen molar-refractivity contribution >= 4 is 11.4 Å². The van der Waals surface area contributed by atoms with Gasteiger partial charge in [0.15, 0.2) is 0 Å². The first kappa shape index (κ1) is 17.5. The molecule has 0 saturated heterocycles. The van der Waals surface area contributed by atoms with Gasteiger partial charge in [-0.25, -0.2) is 0 Å². The lowest BCUT2D eigenvalue weighted by Crippen LogP contribution is -2.23. The number of nitrogens with zero attached hydrogens (tertiary/aromatic N) is 4. The summed E-state index contributed by atoms with van der Waals surface area (Å²) in [6, 6.07) is 20.4. The topological polar surface area (TPSA) is 32.3 Å². The Morgan fingerprint density at radius 2 is 1.35 bits per heavy atom. The summed E-state index contributed by atoms with van der Waals surface area (Å²) in [6.07, 6.45) is 9.05. The van der Waals surface area contributed by atoms with E-state index in [0.29, 0.717) is 6.54 Å². The van der Waals surface area contributed by atoms with Crippen molar-refractivity contribution in [3.8, 4) is 12.3 Å². The summed E-state index contributed by atoms with van der Waals surface area (Å²) in [7, 11) is 1.99. The molecule has 26 heavy (non-hydrogen) atoms. The molecule has 0 radical (unpaired) electrons. The van der Waals surface area contributed by atoms with Crippen LogP contribution >= 0.6 is 0 Å². The SMILES string of the molecule is C#CCN(C)c1ccc(N(Cc2ccccn2)Cc2ccccn2)cc1. The molecule has 0 atom stereocenters. The van der Waals surface area contributed by atoms with Crippen LogP contribution in [0.1, 0.15) is 11.4 Å². The van der Waals surface area contributed by atoms with Gasteiger partial charge < -0.3 is 9.80 Å². The molecule has 0 fully saturated rings. The van der Waals surface area contributed by atoms with E-state index in [0.717, 1.165) is 35.9 Å². The van der Waals surface area contributed by atoms with Crippen LogP contribution in [0, 0.1) is 12.3 Å². The summed E-state index contributed by atoms with van der Waals surface area (Å²) in [6.45, 7) is 2.03. The van der Waals surface area contributed by atoms with Gasteiger partial charge in [-0.05, 0) is 48.5 Å². The molecular weight excluding hydrogens is 320 g/mol. The summed E-state index contributed by atoms with van der Waals surface area (Å²) >= 11 is 0. The minimum absolute atomic E-state index is 0.588. The van der Waals surface area contributed by atoms with Crippen LogP contribution in [-0.4, -0.2) is 23.6 Å². The second-order valence-corrected chi connectivity index (χ2v) is 6.07. The molecule has 0 unspecified atom stereocenters. The quantitative estimate of drug-likeness (QED) is 0.612. The van der Waals surface area contributed by atoms with Gasteiger partial charge in [-0.15, -0.1) is 6.42 Å². The Hall–Kier alpha value is -3.32. The lowest BCUT2D eigenvalue weighted by atomic mass is 10.2. The summed E-state index contributed by atoms with van der Waals surface area (Å²) in [5.41, 5.74) is 4.27. The van der Waals surface area contributed by atoms with Gasteiger partial charge in [-0.1, -0.05) is 18.1 Å². The Balaban J connectivity index is 1.83. The normalized spacial score (nSPS) is 10.2. The molecule has 0 aliphatic rings. The van der Waals surface area contributed by atoms with Crippen molar-refractivity contribution in [2.45, 2.75) is 13.1 Å². The Labute approximate surface area is 155 Å². The van der Waals surface area contributed by atoms with Gasteiger partial charge in [0, 0.05) is 30.8 Å². The van der Waals surface area contributed by atoms with Crippen molar-refractivity contribution in [1.29, 1.82) is 0 Å². The van der Waals surface area contributed by atoms with E-state index in [2.05, 4.69) is 45.1 Å². The average Bonchev–Trinajstić information content (AvgIpc) is 2.69. The van der Waals surface area contributed by atoms with Crippen LogP contribution in [0.2, 0.25) is 0 Å². The predicted molar refractivity (Wildman–Crippen MR) is 107 cm³/mol. The molecule has 0 amide bonds. The summed E-state index contributed by atoms with van der Waals surface area (Å²) in [5, 5.41) is 0. The van der Waals surface area contributed by atoms with Gasteiger partial charge >= 0.3 is 0 Å². The Kier molecular flexibility index (Phi) is 5.84. The van der Waals surface area contributed by atoms with E-state index >= 15 is 0 Å². The molecule has 0 spiro atoms. The standard InChI is InChI=1S/C22H22N4/c1-3-16-25(2)21-10-12-22(13-11-21)26(17-19-8-4-6-14-23-19)18-20-9-5-7-15-24-20/h1,4-15H,16-18H2,2H3. The minimum atomic E-state index is 0.588. The van der Waals surface area contributed by atoms with Crippen molar-refractivity contribution in [1.82, 2.24) is 9.97 Å². The van der Waals surface area contributed by atoms with E-state index < -0.39 is 0 Å². The van der Waals surface area contributed by atoms with Crippen molar-refractivity contribution in [2.24, 2.45) is 0 Å². The second-order valence-electron chi connectivity index (χ2n) is 6.07. The van der Waals surface area contributed by atoms with Crippen molar-refractivity contribution in [2.75, 3.05) is 23.4 Å². The van der Waals surface area contributed by atoms with Gasteiger partial charge in [0.25, 0.3) is 0 Å². The molecule has 130 valence electrons. The number of benzene rings is 1. The number of hydrogen-bond acceptors (Lipinski definition) is 4. The molecule has 0 aliphatic heterocycles. The zero-order valence-corrected chi connectivity index (χ0v) is 14.9. The van der Waals surface area contributed by atoms with Gasteiger partial charge in [0.05, 0.1) is 31.0 Å². The fourth-order valence-corrected chi connectivity index (χ4v) is 2.76. The number of terminal acetylenes is 1. The molecule has 0 saturated carbocycles. The highest BCUT2D eigenvalue weighted by molar-refractivity contribution is 5.56. The molecule has 1 aromatic carbocycles. The van der Waals surface area contributed by atoms with Crippen molar-refractivity contribution in [3.63, 3.8) is 0 Å². The summed E-state index contributed by atoms with van der Waals surface area (Å²) in [5.74, 6) is 2.67. The average molecular weight is 342 g/mol. The molecular formula is C22H22N4. The maximum Gasteiger partial charge on any atom is 0.0788 e. The molecule has 3 aromatic rings. The molecule has 3 rings (SSSR count). The molecule has 2 heterocycles. The summed E-state index contributed by atoms with van der Waals surface area (Å²) < 4.78 is 0. The van der Waals surface area contributed by atoms with Crippen molar-refractivity contribution in [3.05, 3.63) is 84.4 Å². The maximum atomic E-state index is 5.40. The third kappa shape index (κ3) is 4.61. The smallest absolute Gasteiger partial charge is 0.0788 e. The Morgan fingerprint density at radius 3 is 1.81 bits per heavy atom. The molecule has 0 N–H and O–H groups in total. The Bertz CT molecular complexity index is 797. The van der Waals surface area contributed by atoms with Gasteiger partial charge in [0.1, 0.15) is 0 Å². The van der Waals surface area contributed by atoms with E-state index in [4.69, 9.17) is 6.42 Å². The lowest BCUT2D eigenvalue weighted by Gasteiger charge is -2.25. The highest BCUT2D eigenvalue weighted by Gasteiger charge is 2.10. The highest BCUT2D eigenvalue weighted by Crippen LogP contribution is 2.23. The second kappa shape index (κ2) is 8.68. The molecule has 4 nitrogen and oxygen atoms in total. The first-order chi connectivity index (χ1) is 12.8. The Morgan fingerprint density at radius 1 is 0.808 bits per heavy atom. The zero-order chi connectivity index (χ0) is 18.2. The van der Waals surface area contributed by atoms with Gasteiger partial charge in [0.2, 0.25) is 0 Å². The van der Waals surface area contributed by atoms with Crippen LogP contribution in [0.3, 0.4) is 0 Å². The van der Waals surface area contributed by atoms with Crippen LogP contribution in [-0.2, 0) is 13.1 Å². The third-order valence-electron chi connectivity index (χ3n) is 4.14. The van der Waals surface area contributed by atoms with E-state index in [1.54, 1.807) is 0 Å². The fraction of sp³-hybridized carbons (Fsp3) is 0.182. The van der Waals surface area contributed by atoms with Crippen LogP contribution in [0.25, 0.3) is 0 Å². The van der Waals surface area contributed by atoms with Crippen LogP contribution < -0.4 is 9.80 Å². The molecule has 2 aromatic heterocycles. The van der Waals surface area contributed by atoms with Crippen LogP contribution in [0.4, 0.5) is 11.4 Å². The summed E-state index contributed by atoms with van der Waals surface area (Å²) in [4.78, 5) is 13.2. The maximum absolute atomic E-state index is 5.40. The largest absolute Gasteiger partial charge is 0.363 e. The van der Waals surface area contributed by atoms with E-state index in [1.165, 1.54) is 0 Å². The predicted octanol–water partition coefficient (Wildman–Crippen LogP) is 3.75. The molecule has 0 bridgehead atoms. The monoisotopic (exact) mass is 342 g/mol. The zero-order valence-electron chi connectivity index (χ0n) is 14.9. The van der Waals surface area contributed by atoms with E-state index in [1.807, 2.05) is 60.7 Å². The van der Waals surface area contributed by atoms with Gasteiger partial charge in [-0.2, -0.15) is 0 Å². The number of rotatable bonds is 7. The lowest BCUT2D eigenvalue weighted by molar-refractivity contribution is 0.765. The van der Waals surface area contributed by atoms with Crippen LogP contribution in [0.15, 0.2) is 73.1 Å². The number of pyridine rings is 2. The van der Waals surface area contributed by atoms with Gasteiger partial charge in [-0.3, -0.25) is 9.97 Å². The molecule has 4 heteroatoms. The highest BCUT2D eigenvalue weighted by atomic mass is 15.1. The molecule has 0 aliphatic carbocycles. The van der Waals surface area contributed by atoms with E-state index in [-0.39, 0.29) is 0 Å². The number of aromatic nitrogens is 2. The fourth-order valence-electron chi connectivity index (χ4n) is 2.76. The third-order valence-corrected chi connectivity index (χ3v) is 4.14. The van der Waals surface area contributed by atoms with E-state index in [9.17, 15) is 0 Å².